The van der Waals surface area contributed by atoms with Crippen molar-refractivity contribution in [1.82, 2.24) is 4.31 Å². The van der Waals surface area contributed by atoms with Gasteiger partial charge in [-0.25, -0.2) is 8.42 Å². The summed E-state index contributed by atoms with van der Waals surface area (Å²) in [6, 6.07) is 8.07. The lowest BCUT2D eigenvalue weighted by molar-refractivity contribution is 0.0723. The van der Waals surface area contributed by atoms with Gasteiger partial charge in [-0.2, -0.15) is 4.31 Å². The van der Waals surface area contributed by atoms with Gasteiger partial charge >= 0.3 is 0 Å². The molecule has 3 heterocycles. The van der Waals surface area contributed by atoms with Gasteiger partial charge in [-0.1, -0.05) is 0 Å². The smallest absolute Gasteiger partial charge is 0.291 e. The summed E-state index contributed by atoms with van der Waals surface area (Å²) in [5.74, 6) is 0.245. The van der Waals surface area contributed by atoms with Crippen molar-refractivity contribution >= 4 is 21.6 Å². The van der Waals surface area contributed by atoms with E-state index in [0.29, 0.717) is 18.9 Å². The lowest BCUT2D eigenvalue weighted by atomic mass is 10.1. The number of carbonyl (C=O) groups is 1. The number of ether oxygens (including phenoxy) is 2. The first-order chi connectivity index (χ1) is 12.9. The number of hydrogen-bond donors (Lipinski definition) is 1. The summed E-state index contributed by atoms with van der Waals surface area (Å²) >= 11 is 0. The summed E-state index contributed by atoms with van der Waals surface area (Å²) in [4.78, 5) is 12.4. The maximum absolute atomic E-state index is 12.6. The Labute approximate surface area is 157 Å². The van der Waals surface area contributed by atoms with Crippen LogP contribution in [0.3, 0.4) is 0 Å². The number of sulfonamides is 1. The molecule has 1 atom stereocenters. The van der Waals surface area contributed by atoms with Crippen molar-refractivity contribution in [3.63, 3.8) is 0 Å². The van der Waals surface area contributed by atoms with Crippen molar-refractivity contribution in [2.24, 2.45) is 0 Å². The zero-order valence-corrected chi connectivity index (χ0v) is 15.6. The highest BCUT2D eigenvalue weighted by atomic mass is 32.2. The van der Waals surface area contributed by atoms with Gasteiger partial charge in [-0.3, -0.25) is 4.79 Å². The minimum absolute atomic E-state index is 0.0630. The van der Waals surface area contributed by atoms with Gasteiger partial charge in [-0.05, 0) is 42.8 Å². The number of benzene rings is 1. The Morgan fingerprint density at radius 1 is 1.19 bits per heavy atom. The molecule has 1 fully saturated rings. The molecule has 1 aromatic carbocycles. The SMILES string of the molecule is CC1Cc2cc(NC(=O)c3ccc(S(=O)(=O)N4CCOCC4)o3)ccc2O1. The number of furan rings is 1. The third-order valence-electron chi connectivity index (χ3n) is 4.52. The van der Waals surface area contributed by atoms with Crippen LogP contribution in [0.2, 0.25) is 0 Å². The zero-order valence-electron chi connectivity index (χ0n) is 14.8. The second-order valence-electron chi connectivity index (χ2n) is 6.54. The van der Waals surface area contributed by atoms with E-state index >= 15 is 0 Å². The molecular weight excluding hydrogens is 372 g/mol. The molecule has 0 saturated carbocycles. The Balaban J connectivity index is 1.48. The van der Waals surface area contributed by atoms with Crippen molar-refractivity contribution in [3.05, 3.63) is 41.7 Å². The Kier molecular flexibility index (Phi) is 4.67. The Morgan fingerprint density at radius 2 is 1.96 bits per heavy atom. The van der Waals surface area contributed by atoms with E-state index in [2.05, 4.69) is 5.32 Å². The molecule has 1 unspecified atom stereocenters. The summed E-state index contributed by atoms with van der Waals surface area (Å²) in [5, 5.41) is 2.49. The Bertz CT molecular complexity index is 962. The van der Waals surface area contributed by atoms with Gasteiger partial charge in [0.25, 0.3) is 15.9 Å². The average Bonchev–Trinajstić information content (AvgIpc) is 3.28. The van der Waals surface area contributed by atoms with Crippen LogP contribution >= 0.6 is 0 Å². The van der Waals surface area contributed by atoms with Crippen LogP contribution in [0.15, 0.2) is 39.8 Å². The molecule has 0 bridgehead atoms. The largest absolute Gasteiger partial charge is 0.490 e. The molecule has 0 aliphatic carbocycles. The van der Waals surface area contributed by atoms with Gasteiger partial charge in [0.1, 0.15) is 11.9 Å². The zero-order chi connectivity index (χ0) is 19.0. The van der Waals surface area contributed by atoms with Gasteiger partial charge in [0.2, 0.25) is 5.09 Å². The normalized spacial score (nSPS) is 20.1. The van der Waals surface area contributed by atoms with Crippen LogP contribution in [0.4, 0.5) is 5.69 Å². The number of morpholine rings is 1. The molecule has 8 nitrogen and oxygen atoms in total. The third-order valence-corrected chi connectivity index (χ3v) is 6.30. The number of nitrogens with zero attached hydrogens (tertiary/aromatic N) is 1. The van der Waals surface area contributed by atoms with Gasteiger partial charge in [-0.15, -0.1) is 0 Å². The van der Waals surface area contributed by atoms with Gasteiger partial charge in [0.05, 0.1) is 13.2 Å². The van der Waals surface area contributed by atoms with E-state index < -0.39 is 15.9 Å². The molecule has 2 aliphatic rings. The molecule has 1 N–H and O–H groups in total. The maximum Gasteiger partial charge on any atom is 0.291 e. The Hall–Kier alpha value is -2.36. The fourth-order valence-electron chi connectivity index (χ4n) is 3.19. The first-order valence-electron chi connectivity index (χ1n) is 8.72. The standard InChI is InChI=1S/C18H20N2O6S/c1-12-10-13-11-14(2-3-15(13)25-12)19-18(21)16-4-5-17(26-16)27(22,23)20-6-8-24-9-7-20/h2-5,11-12H,6-10H2,1H3,(H,19,21). The lowest BCUT2D eigenvalue weighted by Crippen LogP contribution is -2.40. The second-order valence-corrected chi connectivity index (χ2v) is 8.41. The predicted molar refractivity (Wildman–Crippen MR) is 96.5 cm³/mol. The molecule has 9 heteroatoms. The van der Waals surface area contributed by atoms with Gasteiger partial charge < -0.3 is 19.2 Å². The fourth-order valence-corrected chi connectivity index (χ4v) is 4.51. The quantitative estimate of drug-likeness (QED) is 0.853. The van der Waals surface area contributed by atoms with E-state index in [0.717, 1.165) is 17.7 Å². The highest BCUT2D eigenvalue weighted by Crippen LogP contribution is 2.31. The van der Waals surface area contributed by atoms with Crippen LogP contribution in [0.25, 0.3) is 0 Å². The summed E-state index contributed by atoms with van der Waals surface area (Å²) in [6.07, 6.45) is 0.894. The van der Waals surface area contributed by atoms with E-state index in [-0.39, 0.29) is 30.0 Å². The van der Waals surface area contributed by atoms with Crippen LogP contribution < -0.4 is 10.1 Å². The fraction of sp³-hybridized carbons (Fsp3) is 0.389. The first-order valence-corrected chi connectivity index (χ1v) is 10.2. The highest BCUT2D eigenvalue weighted by Gasteiger charge is 2.30. The third kappa shape index (κ3) is 3.58. The summed E-state index contributed by atoms with van der Waals surface area (Å²) in [6.45, 7) is 3.19. The number of anilines is 1. The number of hydrogen-bond acceptors (Lipinski definition) is 6. The molecule has 27 heavy (non-hydrogen) atoms. The van der Waals surface area contributed by atoms with E-state index in [1.165, 1.54) is 16.4 Å². The van der Waals surface area contributed by atoms with Crippen molar-refractivity contribution in [2.75, 3.05) is 31.6 Å². The van der Waals surface area contributed by atoms with Gasteiger partial charge in [0.15, 0.2) is 5.76 Å². The maximum atomic E-state index is 12.6. The van der Waals surface area contributed by atoms with Crippen molar-refractivity contribution in [2.45, 2.75) is 24.5 Å². The van der Waals surface area contributed by atoms with E-state index in [1.54, 1.807) is 6.07 Å². The number of rotatable bonds is 4. The van der Waals surface area contributed by atoms with E-state index in [9.17, 15) is 13.2 Å². The number of carbonyl (C=O) groups excluding carboxylic acids is 1. The summed E-state index contributed by atoms with van der Waals surface area (Å²) in [7, 11) is -3.77. The van der Waals surface area contributed by atoms with Gasteiger partial charge in [0, 0.05) is 25.2 Å². The topological polar surface area (TPSA) is 98.1 Å². The van der Waals surface area contributed by atoms with Crippen LogP contribution in [-0.2, 0) is 21.2 Å². The Morgan fingerprint density at radius 3 is 2.74 bits per heavy atom. The molecule has 144 valence electrons. The van der Waals surface area contributed by atoms with Crippen LogP contribution in [0, 0.1) is 0 Å². The molecule has 1 amide bonds. The van der Waals surface area contributed by atoms with E-state index in [1.807, 2.05) is 19.1 Å². The van der Waals surface area contributed by atoms with Crippen LogP contribution in [-0.4, -0.2) is 51.0 Å². The highest BCUT2D eigenvalue weighted by molar-refractivity contribution is 7.89. The molecular formula is C18H20N2O6S. The number of nitrogens with one attached hydrogen (secondary N) is 1. The van der Waals surface area contributed by atoms with Crippen molar-refractivity contribution < 1.29 is 27.1 Å². The molecule has 2 aliphatic heterocycles. The molecule has 1 saturated heterocycles. The molecule has 4 rings (SSSR count). The molecule has 0 spiro atoms. The molecule has 0 radical (unpaired) electrons. The monoisotopic (exact) mass is 392 g/mol. The minimum atomic E-state index is -3.77. The van der Waals surface area contributed by atoms with Crippen molar-refractivity contribution in [1.29, 1.82) is 0 Å². The second kappa shape index (κ2) is 6.99. The van der Waals surface area contributed by atoms with Crippen LogP contribution in [0.5, 0.6) is 5.75 Å². The number of fused-ring (bicyclic) bond motifs is 1. The van der Waals surface area contributed by atoms with Crippen LogP contribution in [0.1, 0.15) is 23.0 Å². The summed E-state index contributed by atoms with van der Waals surface area (Å²) in [5.41, 5.74) is 1.63. The minimum Gasteiger partial charge on any atom is -0.490 e. The summed E-state index contributed by atoms with van der Waals surface area (Å²) < 4.78 is 42.6. The molecule has 1 aromatic heterocycles. The van der Waals surface area contributed by atoms with Crippen molar-refractivity contribution in [3.8, 4) is 5.75 Å². The molecule has 2 aromatic rings. The number of amides is 1. The van der Waals surface area contributed by atoms with E-state index in [4.69, 9.17) is 13.9 Å². The predicted octanol–water partition coefficient (Wildman–Crippen LogP) is 1.88. The lowest BCUT2D eigenvalue weighted by Gasteiger charge is -2.24. The average molecular weight is 392 g/mol. The first kappa shape index (κ1) is 18.0.